The summed E-state index contributed by atoms with van der Waals surface area (Å²) in [6.45, 7) is 5.23. The van der Waals surface area contributed by atoms with Gasteiger partial charge in [-0.25, -0.2) is 0 Å². The number of anilines is 1. The van der Waals surface area contributed by atoms with Gasteiger partial charge >= 0.3 is 0 Å². The highest BCUT2D eigenvalue weighted by atomic mass is 35.5. The van der Waals surface area contributed by atoms with Crippen LogP contribution in [0.1, 0.15) is 22.3 Å². The van der Waals surface area contributed by atoms with E-state index in [-0.39, 0.29) is 0 Å². The van der Waals surface area contributed by atoms with Crippen LogP contribution < -0.4 is 14.8 Å². The van der Waals surface area contributed by atoms with Crippen LogP contribution in [0, 0.1) is 13.8 Å². The van der Waals surface area contributed by atoms with Crippen LogP contribution in [-0.2, 0) is 13.2 Å². The third kappa shape index (κ3) is 5.18. The highest BCUT2D eigenvalue weighted by molar-refractivity contribution is 6.32. The summed E-state index contributed by atoms with van der Waals surface area (Å²) in [5.41, 5.74) is 5.64. The van der Waals surface area contributed by atoms with Gasteiger partial charge in [-0.2, -0.15) is 0 Å². The summed E-state index contributed by atoms with van der Waals surface area (Å²) < 4.78 is 11.4. The predicted molar refractivity (Wildman–Crippen MR) is 112 cm³/mol. The number of nitrogens with one attached hydrogen (secondary N) is 1. The third-order valence-electron chi connectivity index (χ3n) is 4.34. The highest BCUT2D eigenvalue weighted by Gasteiger charge is 2.12. The molecule has 0 bridgehead atoms. The van der Waals surface area contributed by atoms with Gasteiger partial charge in [0.15, 0.2) is 11.5 Å². The van der Waals surface area contributed by atoms with Crippen molar-refractivity contribution in [2.75, 3.05) is 12.4 Å². The molecule has 4 heteroatoms. The SMILES string of the molecule is COc1cc(CNc2ccc(C)cc2)cc(Cl)c1OCc1ccc(C)cc1. The first kappa shape index (κ1) is 19.1. The molecule has 0 saturated heterocycles. The van der Waals surface area contributed by atoms with Crippen molar-refractivity contribution in [2.45, 2.75) is 27.0 Å². The summed E-state index contributed by atoms with van der Waals surface area (Å²) >= 11 is 6.47. The number of rotatable bonds is 7. The van der Waals surface area contributed by atoms with E-state index in [0.29, 0.717) is 29.7 Å². The molecule has 1 N–H and O–H groups in total. The average Bonchev–Trinajstić information content (AvgIpc) is 2.67. The van der Waals surface area contributed by atoms with Crippen LogP contribution in [0.4, 0.5) is 5.69 Å². The van der Waals surface area contributed by atoms with Crippen molar-refractivity contribution < 1.29 is 9.47 Å². The fraction of sp³-hybridized carbons (Fsp3) is 0.217. The summed E-state index contributed by atoms with van der Waals surface area (Å²) in [5, 5.41) is 3.94. The normalized spacial score (nSPS) is 10.5. The Morgan fingerprint density at radius 3 is 2.11 bits per heavy atom. The largest absolute Gasteiger partial charge is 0.493 e. The Hall–Kier alpha value is -2.65. The minimum absolute atomic E-state index is 0.442. The van der Waals surface area contributed by atoms with E-state index in [0.717, 1.165) is 16.8 Å². The number of aryl methyl sites for hydroxylation is 2. The molecule has 3 rings (SSSR count). The molecule has 0 heterocycles. The zero-order chi connectivity index (χ0) is 19.2. The van der Waals surface area contributed by atoms with Gasteiger partial charge in [0.25, 0.3) is 0 Å². The maximum absolute atomic E-state index is 6.47. The Morgan fingerprint density at radius 2 is 1.48 bits per heavy atom. The van der Waals surface area contributed by atoms with Crippen molar-refractivity contribution in [1.29, 1.82) is 0 Å². The standard InChI is InChI=1S/C23H24ClNO2/c1-16-4-8-18(9-5-16)15-27-23-21(24)12-19(13-22(23)26-3)14-25-20-10-6-17(2)7-11-20/h4-13,25H,14-15H2,1-3H3. The first-order chi connectivity index (χ1) is 13.0. The van der Waals surface area contributed by atoms with Crippen LogP contribution in [-0.4, -0.2) is 7.11 Å². The fourth-order valence-corrected chi connectivity index (χ4v) is 3.02. The molecule has 3 nitrogen and oxygen atoms in total. The van der Waals surface area contributed by atoms with Crippen molar-refractivity contribution in [2.24, 2.45) is 0 Å². The number of hydrogen-bond donors (Lipinski definition) is 1. The number of ether oxygens (including phenoxy) is 2. The van der Waals surface area contributed by atoms with Crippen LogP contribution in [0.5, 0.6) is 11.5 Å². The lowest BCUT2D eigenvalue weighted by Crippen LogP contribution is -2.02. The van der Waals surface area contributed by atoms with Crippen molar-refractivity contribution in [3.8, 4) is 11.5 Å². The quantitative estimate of drug-likeness (QED) is 0.531. The van der Waals surface area contributed by atoms with Crippen LogP contribution in [0.3, 0.4) is 0 Å². The molecule has 27 heavy (non-hydrogen) atoms. The molecule has 0 aromatic heterocycles. The van der Waals surface area contributed by atoms with Gasteiger partial charge in [-0.3, -0.25) is 0 Å². The molecular formula is C23H24ClNO2. The zero-order valence-corrected chi connectivity index (χ0v) is 16.6. The maximum atomic E-state index is 6.47. The summed E-state index contributed by atoms with van der Waals surface area (Å²) in [4.78, 5) is 0. The molecule has 0 radical (unpaired) electrons. The number of benzene rings is 3. The van der Waals surface area contributed by atoms with Gasteiger partial charge in [0.1, 0.15) is 6.61 Å². The second kappa shape index (κ2) is 8.83. The smallest absolute Gasteiger partial charge is 0.180 e. The summed E-state index contributed by atoms with van der Waals surface area (Å²) in [6.07, 6.45) is 0. The van der Waals surface area contributed by atoms with Gasteiger partial charge in [0, 0.05) is 12.2 Å². The Balaban J connectivity index is 1.70. The van der Waals surface area contributed by atoms with Gasteiger partial charge in [0.05, 0.1) is 12.1 Å². The van der Waals surface area contributed by atoms with E-state index < -0.39 is 0 Å². The summed E-state index contributed by atoms with van der Waals surface area (Å²) in [7, 11) is 1.63. The van der Waals surface area contributed by atoms with Gasteiger partial charge in [-0.05, 0) is 49.2 Å². The second-order valence-corrected chi connectivity index (χ2v) is 7.01. The maximum Gasteiger partial charge on any atom is 0.180 e. The minimum Gasteiger partial charge on any atom is -0.493 e. The Bertz CT molecular complexity index is 890. The van der Waals surface area contributed by atoms with Crippen LogP contribution in [0.15, 0.2) is 60.7 Å². The predicted octanol–water partition coefficient (Wildman–Crippen LogP) is 6.16. The van der Waals surface area contributed by atoms with Gasteiger partial charge in [0.2, 0.25) is 0 Å². The van der Waals surface area contributed by atoms with E-state index in [2.05, 4.69) is 67.7 Å². The molecule has 0 aliphatic heterocycles. The molecule has 140 valence electrons. The van der Waals surface area contributed by atoms with Crippen LogP contribution in [0.2, 0.25) is 5.02 Å². The highest BCUT2D eigenvalue weighted by Crippen LogP contribution is 2.37. The molecule has 0 unspecified atom stereocenters. The molecule has 0 spiro atoms. The summed E-state index contributed by atoms with van der Waals surface area (Å²) in [6, 6.07) is 20.4. The third-order valence-corrected chi connectivity index (χ3v) is 4.62. The lowest BCUT2D eigenvalue weighted by atomic mass is 10.1. The number of halogens is 1. The van der Waals surface area contributed by atoms with E-state index in [9.17, 15) is 0 Å². The van der Waals surface area contributed by atoms with Gasteiger partial charge < -0.3 is 14.8 Å². The van der Waals surface area contributed by atoms with E-state index in [4.69, 9.17) is 21.1 Å². The zero-order valence-electron chi connectivity index (χ0n) is 15.9. The molecule has 0 saturated carbocycles. The van der Waals surface area contributed by atoms with Crippen LogP contribution in [0.25, 0.3) is 0 Å². The molecule has 0 amide bonds. The minimum atomic E-state index is 0.442. The Kier molecular flexibility index (Phi) is 6.25. The fourth-order valence-electron chi connectivity index (χ4n) is 2.73. The Morgan fingerprint density at radius 1 is 0.852 bits per heavy atom. The first-order valence-corrected chi connectivity index (χ1v) is 9.28. The van der Waals surface area contributed by atoms with Crippen LogP contribution >= 0.6 is 11.6 Å². The van der Waals surface area contributed by atoms with E-state index in [1.807, 2.05) is 12.1 Å². The van der Waals surface area contributed by atoms with E-state index >= 15 is 0 Å². The molecule has 0 fully saturated rings. The first-order valence-electron chi connectivity index (χ1n) is 8.90. The topological polar surface area (TPSA) is 30.5 Å². The molecule has 3 aromatic carbocycles. The van der Waals surface area contributed by atoms with Gasteiger partial charge in [-0.15, -0.1) is 0 Å². The Labute approximate surface area is 165 Å². The number of methoxy groups -OCH3 is 1. The van der Waals surface area contributed by atoms with E-state index in [1.165, 1.54) is 11.1 Å². The van der Waals surface area contributed by atoms with Crippen molar-refractivity contribution in [3.63, 3.8) is 0 Å². The molecule has 0 atom stereocenters. The lowest BCUT2D eigenvalue weighted by Gasteiger charge is -2.15. The monoisotopic (exact) mass is 381 g/mol. The lowest BCUT2D eigenvalue weighted by molar-refractivity contribution is 0.284. The van der Waals surface area contributed by atoms with Crippen molar-refractivity contribution in [3.05, 3.63) is 87.9 Å². The van der Waals surface area contributed by atoms with Crippen molar-refractivity contribution in [1.82, 2.24) is 0 Å². The van der Waals surface area contributed by atoms with Gasteiger partial charge in [-0.1, -0.05) is 59.1 Å². The average molecular weight is 382 g/mol. The molecule has 0 aliphatic rings. The molecule has 3 aromatic rings. The molecule has 0 aliphatic carbocycles. The number of hydrogen-bond acceptors (Lipinski definition) is 3. The van der Waals surface area contributed by atoms with E-state index in [1.54, 1.807) is 7.11 Å². The second-order valence-electron chi connectivity index (χ2n) is 6.60. The molecular weight excluding hydrogens is 358 g/mol. The van der Waals surface area contributed by atoms with Crippen molar-refractivity contribution >= 4 is 17.3 Å². The summed E-state index contributed by atoms with van der Waals surface area (Å²) in [5.74, 6) is 1.20.